The van der Waals surface area contributed by atoms with Gasteiger partial charge in [-0.05, 0) is 12.8 Å². The van der Waals surface area contributed by atoms with Crippen molar-refractivity contribution in [3.8, 4) is 0 Å². The van der Waals surface area contributed by atoms with E-state index in [0.29, 0.717) is 19.3 Å². The molecule has 1 heterocycles. The number of hydrogen-bond acceptors (Lipinski definition) is 3. The van der Waals surface area contributed by atoms with Gasteiger partial charge in [-0.3, -0.25) is 14.9 Å². The molecule has 2 aliphatic rings. The van der Waals surface area contributed by atoms with Gasteiger partial charge in [0, 0.05) is 12.8 Å². The predicted molar refractivity (Wildman–Crippen MR) is 42.9 cm³/mol. The topological polar surface area (TPSA) is 75.3 Å². The summed E-state index contributed by atoms with van der Waals surface area (Å²) in [6.45, 7) is 0. The molecule has 70 valence electrons. The molecule has 2 rings (SSSR count). The summed E-state index contributed by atoms with van der Waals surface area (Å²) in [6.07, 6.45) is 1.90. The van der Waals surface area contributed by atoms with E-state index in [0.717, 1.165) is 0 Å². The van der Waals surface area contributed by atoms with Gasteiger partial charge in [-0.15, -0.1) is 0 Å². The van der Waals surface area contributed by atoms with Crippen LogP contribution in [-0.2, 0) is 9.59 Å². The molecule has 2 N–H and O–H groups in total. The van der Waals surface area contributed by atoms with Crippen LogP contribution >= 0.6 is 0 Å². The van der Waals surface area contributed by atoms with Gasteiger partial charge >= 0.3 is 6.03 Å². The summed E-state index contributed by atoms with van der Waals surface area (Å²) in [5.74, 6) is -0.311. The van der Waals surface area contributed by atoms with Crippen LogP contribution in [0.5, 0.6) is 0 Å². The Hall–Kier alpha value is -1.39. The second kappa shape index (κ2) is 2.55. The lowest BCUT2D eigenvalue weighted by Crippen LogP contribution is -2.50. The van der Waals surface area contributed by atoms with Crippen LogP contribution in [0.2, 0.25) is 0 Å². The van der Waals surface area contributed by atoms with E-state index in [2.05, 4.69) is 10.6 Å². The monoisotopic (exact) mass is 182 g/mol. The van der Waals surface area contributed by atoms with Crippen molar-refractivity contribution in [2.45, 2.75) is 31.2 Å². The average Bonchev–Trinajstić information content (AvgIpc) is 2.26. The number of carbonyl (C=O) groups is 3. The van der Waals surface area contributed by atoms with E-state index in [1.165, 1.54) is 0 Å². The summed E-state index contributed by atoms with van der Waals surface area (Å²) in [6, 6.07) is -0.486. The third kappa shape index (κ3) is 1.20. The molecular formula is C8H10N2O3. The molecule has 1 saturated heterocycles. The summed E-state index contributed by atoms with van der Waals surface area (Å²) >= 11 is 0. The van der Waals surface area contributed by atoms with E-state index in [1.54, 1.807) is 0 Å². The predicted octanol–water partition coefficient (Wildman–Crippen LogP) is -0.292. The summed E-state index contributed by atoms with van der Waals surface area (Å²) in [4.78, 5) is 33.4. The summed E-state index contributed by atoms with van der Waals surface area (Å²) < 4.78 is 0. The zero-order valence-electron chi connectivity index (χ0n) is 7.05. The van der Waals surface area contributed by atoms with Crippen LogP contribution in [-0.4, -0.2) is 23.3 Å². The summed E-state index contributed by atoms with van der Waals surface area (Å²) in [5, 5.41) is 4.69. The summed E-state index contributed by atoms with van der Waals surface area (Å²) in [7, 11) is 0. The third-order valence-corrected chi connectivity index (χ3v) is 2.57. The molecule has 0 bridgehead atoms. The highest BCUT2D eigenvalue weighted by atomic mass is 16.2. The highest BCUT2D eigenvalue weighted by Crippen LogP contribution is 2.28. The molecule has 5 heteroatoms. The molecule has 1 aliphatic heterocycles. The van der Waals surface area contributed by atoms with Crippen molar-refractivity contribution in [2.24, 2.45) is 0 Å². The van der Waals surface area contributed by atoms with Gasteiger partial charge in [0.25, 0.3) is 5.91 Å². The van der Waals surface area contributed by atoms with Crippen molar-refractivity contribution < 1.29 is 14.4 Å². The molecule has 0 aromatic carbocycles. The number of ketones is 1. The minimum atomic E-state index is -0.924. The van der Waals surface area contributed by atoms with Crippen molar-refractivity contribution in [1.29, 1.82) is 0 Å². The van der Waals surface area contributed by atoms with E-state index >= 15 is 0 Å². The molecule has 1 atom stereocenters. The van der Waals surface area contributed by atoms with Gasteiger partial charge in [0.1, 0.15) is 11.3 Å². The first-order valence-corrected chi connectivity index (χ1v) is 4.28. The Bertz CT molecular complexity index is 300. The first-order chi connectivity index (χ1) is 6.12. The van der Waals surface area contributed by atoms with E-state index in [9.17, 15) is 14.4 Å². The van der Waals surface area contributed by atoms with Crippen molar-refractivity contribution in [1.82, 2.24) is 10.6 Å². The average molecular weight is 182 g/mol. The van der Waals surface area contributed by atoms with Gasteiger partial charge in [-0.1, -0.05) is 0 Å². The van der Waals surface area contributed by atoms with Gasteiger partial charge in [0.05, 0.1) is 0 Å². The van der Waals surface area contributed by atoms with Crippen LogP contribution < -0.4 is 10.6 Å². The van der Waals surface area contributed by atoms with Crippen LogP contribution in [0.25, 0.3) is 0 Å². The third-order valence-electron chi connectivity index (χ3n) is 2.57. The first kappa shape index (κ1) is 8.22. The SMILES string of the molecule is O=C1CCC[C@@]2(C1)NC(=O)NC2=O. The van der Waals surface area contributed by atoms with Crippen LogP contribution in [0.3, 0.4) is 0 Å². The molecular weight excluding hydrogens is 172 g/mol. The maximum Gasteiger partial charge on any atom is 0.322 e. The van der Waals surface area contributed by atoms with Crippen molar-refractivity contribution >= 4 is 17.7 Å². The van der Waals surface area contributed by atoms with Crippen LogP contribution in [0, 0.1) is 0 Å². The number of carbonyl (C=O) groups excluding carboxylic acids is 3. The molecule has 3 amide bonds. The van der Waals surface area contributed by atoms with E-state index in [4.69, 9.17) is 0 Å². The number of hydrogen-bond donors (Lipinski definition) is 2. The maximum absolute atomic E-state index is 11.4. The second-order valence-electron chi connectivity index (χ2n) is 3.56. The number of rotatable bonds is 0. The molecule has 0 radical (unpaired) electrons. The molecule has 1 spiro atoms. The highest BCUT2D eigenvalue weighted by Gasteiger charge is 2.48. The van der Waals surface area contributed by atoms with Gasteiger partial charge in [0.15, 0.2) is 0 Å². The lowest BCUT2D eigenvalue weighted by atomic mass is 9.81. The second-order valence-corrected chi connectivity index (χ2v) is 3.56. The fourth-order valence-electron chi connectivity index (χ4n) is 1.93. The van der Waals surface area contributed by atoms with Crippen molar-refractivity contribution in [3.63, 3.8) is 0 Å². The minimum absolute atomic E-state index is 0.0450. The quantitative estimate of drug-likeness (QED) is 0.505. The zero-order chi connectivity index (χ0) is 9.47. The minimum Gasteiger partial charge on any atom is -0.323 e. The Morgan fingerprint density at radius 2 is 2.00 bits per heavy atom. The van der Waals surface area contributed by atoms with E-state index in [-0.39, 0.29) is 18.1 Å². The standard InChI is InChI=1S/C8H10N2O3/c11-5-2-1-3-8(4-5)6(12)9-7(13)10-8/h1-4H2,(H2,9,10,12,13)/t8-/m0/s1. The Morgan fingerprint density at radius 1 is 1.23 bits per heavy atom. The molecule has 0 aromatic heterocycles. The number of amides is 3. The Balaban J connectivity index is 2.24. The molecule has 0 aromatic rings. The zero-order valence-corrected chi connectivity index (χ0v) is 7.05. The fraction of sp³-hybridized carbons (Fsp3) is 0.625. The van der Waals surface area contributed by atoms with Gasteiger partial charge in [-0.25, -0.2) is 4.79 Å². The molecule has 1 aliphatic carbocycles. The maximum atomic E-state index is 11.4. The first-order valence-electron chi connectivity index (χ1n) is 4.28. The van der Waals surface area contributed by atoms with Gasteiger partial charge in [-0.2, -0.15) is 0 Å². The molecule has 13 heavy (non-hydrogen) atoms. The van der Waals surface area contributed by atoms with E-state index in [1.807, 2.05) is 0 Å². The largest absolute Gasteiger partial charge is 0.323 e. The molecule has 1 saturated carbocycles. The highest BCUT2D eigenvalue weighted by molar-refractivity contribution is 6.09. The lowest BCUT2D eigenvalue weighted by molar-refractivity contribution is -0.131. The fourth-order valence-corrected chi connectivity index (χ4v) is 1.93. The number of Topliss-reactive ketones (excluding diaryl/α,β-unsaturated/α-hetero) is 1. The van der Waals surface area contributed by atoms with Crippen LogP contribution in [0.1, 0.15) is 25.7 Å². The molecule has 2 fully saturated rings. The molecule has 0 unspecified atom stereocenters. The molecule has 5 nitrogen and oxygen atoms in total. The Labute approximate surface area is 74.9 Å². The van der Waals surface area contributed by atoms with Gasteiger partial charge in [0.2, 0.25) is 0 Å². The van der Waals surface area contributed by atoms with Crippen LogP contribution in [0.4, 0.5) is 4.79 Å². The number of urea groups is 1. The normalized spacial score (nSPS) is 33.4. The summed E-state index contributed by atoms with van der Waals surface area (Å²) in [5.41, 5.74) is -0.924. The lowest BCUT2D eigenvalue weighted by Gasteiger charge is -2.28. The smallest absolute Gasteiger partial charge is 0.322 e. The Kier molecular flexibility index (Phi) is 1.61. The van der Waals surface area contributed by atoms with E-state index < -0.39 is 11.6 Å². The Morgan fingerprint density at radius 3 is 2.54 bits per heavy atom. The number of imide groups is 1. The van der Waals surface area contributed by atoms with Gasteiger partial charge < -0.3 is 5.32 Å². The van der Waals surface area contributed by atoms with Crippen molar-refractivity contribution in [2.75, 3.05) is 0 Å². The van der Waals surface area contributed by atoms with Crippen LogP contribution in [0.15, 0.2) is 0 Å². The number of nitrogens with one attached hydrogen (secondary N) is 2. The van der Waals surface area contributed by atoms with Crippen molar-refractivity contribution in [3.05, 3.63) is 0 Å².